The van der Waals surface area contributed by atoms with Gasteiger partial charge in [0.2, 0.25) is 0 Å². The lowest BCUT2D eigenvalue weighted by atomic mass is 10.1. The molecule has 0 spiro atoms. The second-order valence-corrected chi connectivity index (χ2v) is 10.7. The molecule has 6 nitrogen and oxygen atoms in total. The van der Waals surface area contributed by atoms with Crippen LogP contribution in [0.3, 0.4) is 0 Å². The van der Waals surface area contributed by atoms with Crippen molar-refractivity contribution in [2.75, 3.05) is 31.1 Å². The monoisotopic (exact) mass is 452 g/mol. The third kappa shape index (κ3) is 3.13. The van der Waals surface area contributed by atoms with Gasteiger partial charge in [-0.3, -0.25) is 0 Å². The van der Waals surface area contributed by atoms with Crippen molar-refractivity contribution >= 4 is 53.9 Å². The zero-order chi connectivity index (χ0) is 18.3. The molecule has 0 radical (unpaired) electrons. The Labute approximate surface area is 164 Å². The smallest absolute Gasteiger partial charge is 0.252 e. The summed E-state index contributed by atoms with van der Waals surface area (Å²) in [7, 11) is -3.44. The zero-order valence-electron chi connectivity index (χ0n) is 14.1. The van der Waals surface area contributed by atoms with Crippen LogP contribution in [-0.2, 0) is 10.0 Å². The van der Waals surface area contributed by atoms with Crippen LogP contribution in [0.25, 0.3) is 10.8 Å². The molecular formula is C17H17BrN4O2S2. The van der Waals surface area contributed by atoms with E-state index in [0.29, 0.717) is 30.4 Å². The molecule has 0 aliphatic carbocycles. The van der Waals surface area contributed by atoms with Gasteiger partial charge in [0, 0.05) is 37.0 Å². The minimum absolute atomic E-state index is 0.374. The molecule has 0 saturated carbocycles. The molecule has 1 aliphatic rings. The number of halogens is 1. The van der Waals surface area contributed by atoms with Gasteiger partial charge >= 0.3 is 0 Å². The van der Waals surface area contributed by atoms with E-state index >= 15 is 0 Å². The van der Waals surface area contributed by atoms with E-state index in [1.807, 2.05) is 31.2 Å². The van der Waals surface area contributed by atoms with Crippen LogP contribution in [0.2, 0.25) is 0 Å². The molecule has 0 N–H and O–H groups in total. The number of hydrogen-bond donors (Lipinski definition) is 0. The molecule has 0 bridgehead atoms. The number of hydrogen-bond acceptors (Lipinski definition) is 6. The van der Waals surface area contributed by atoms with E-state index in [-0.39, 0.29) is 0 Å². The molecule has 26 heavy (non-hydrogen) atoms. The number of rotatable bonds is 3. The number of thiophene rings is 1. The van der Waals surface area contributed by atoms with Crippen LogP contribution in [0, 0.1) is 6.92 Å². The summed E-state index contributed by atoms with van der Waals surface area (Å²) < 4.78 is 28.3. The first-order valence-electron chi connectivity index (χ1n) is 8.19. The van der Waals surface area contributed by atoms with Gasteiger partial charge in [-0.1, -0.05) is 24.3 Å². The Morgan fingerprint density at radius 1 is 1.00 bits per heavy atom. The number of benzene rings is 1. The first kappa shape index (κ1) is 17.8. The number of piperazine rings is 1. The Kier molecular flexibility index (Phi) is 4.72. The Morgan fingerprint density at radius 3 is 2.35 bits per heavy atom. The Balaban J connectivity index is 1.57. The number of fused-ring (bicyclic) bond motifs is 1. The van der Waals surface area contributed by atoms with Crippen LogP contribution >= 0.6 is 27.3 Å². The van der Waals surface area contributed by atoms with Crippen LogP contribution in [-0.4, -0.2) is 49.1 Å². The second kappa shape index (κ2) is 6.88. The Hall–Kier alpha value is -1.55. The fourth-order valence-corrected chi connectivity index (χ4v) is 6.75. The summed E-state index contributed by atoms with van der Waals surface area (Å²) in [6, 6.07) is 11.5. The van der Waals surface area contributed by atoms with Gasteiger partial charge < -0.3 is 4.90 Å². The lowest BCUT2D eigenvalue weighted by Gasteiger charge is -2.34. The molecule has 3 aromatic rings. The molecule has 3 heterocycles. The highest BCUT2D eigenvalue weighted by Gasteiger charge is 2.30. The summed E-state index contributed by atoms with van der Waals surface area (Å²) in [6.45, 7) is 3.99. The van der Waals surface area contributed by atoms with E-state index in [0.717, 1.165) is 26.1 Å². The molecule has 1 aliphatic heterocycles. The second-order valence-electron chi connectivity index (χ2n) is 6.10. The number of aryl methyl sites for hydroxylation is 1. The van der Waals surface area contributed by atoms with Crippen LogP contribution in [0.4, 0.5) is 5.82 Å². The first-order valence-corrected chi connectivity index (χ1v) is 11.2. The molecule has 2 aromatic heterocycles. The quantitative estimate of drug-likeness (QED) is 0.609. The molecule has 1 fully saturated rings. The van der Waals surface area contributed by atoms with E-state index in [9.17, 15) is 8.42 Å². The minimum atomic E-state index is -3.44. The third-order valence-electron chi connectivity index (χ3n) is 4.53. The van der Waals surface area contributed by atoms with Gasteiger partial charge in [-0.15, -0.1) is 16.4 Å². The van der Waals surface area contributed by atoms with E-state index in [4.69, 9.17) is 0 Å². The molecule has 1 saturated heterocycles. The molecule has 0 atom stereocenters. The average molecular weight is 453 g/mol. The lowest BCUT2D eigenvalue weighted by Crippen LogP contribution is -2.48. The molecule has 0 unspecified atom stereocenters. The zero-order valence-corrected chi connectivity index (χ0v) is 17.3. The fourth-order valence-electron chi connectivity index (χ4n) is 3.16. The van der Waals surface area contributed by atoms with Gasteiger partial charge in [-0.2, -0.15) is 9.40 Å². The predicted molar refractivity (Wildman–Crippen MR) is 107 cm³/mol. The number of nitrogens with zero attached hydrogens (tertiary/aromatic N) is 4. The van der Waals surface area contributed by atoms with Crippen LogP contribution in [0.5, 0.6) is 0 Å². The van der Waals surface area contributed by atoms with Gasteiger partial charge in [0.1, 0.15) is 4.21 Å². The van der Waals surface area contributed by atoms with Crippen molar-refractivity contribution in [1.82, 2.24) is 14.5 Å². The Bertz CT molecular complexity index is 1060. The SMILES string of the molecule is Cc1nnc(N2CCN(S(=O)(=O)c3ccc(Br)s3)CC2)c2ccccc12. The molecule has 136 valence electrons. The third-order valence-corrected chi connectivity index (χ3v) is 8.52. The van der Waals surface area contributed by atoms with Gasteiger partial charge in [0.15, 0.2) is 5.82 Å². The van der Waals surface area contributed by atoms with Crippen LogP contribution in [0.15, 0.2) is 44.4 Å². The van der Waals surface area contributed by atoms with Crippen molar-refractivity contribution in [2.45, 2.75) is 11.1 Å². The van der Waals surface area contributed by atoms with Crippen molar-refractivity contribution in [3.05, 3.63) is 45.9 Å². The molecule has 4 rings (SSSR count). The first-order chi connectivity index (χ1) is 12.5. The molecule has 1 aromatic carbocycles. The topological polar surface area (TPSA) is 66.4 Å². The summed E-state index contributed by atoms with van der Waals surface area (Å²) >= 11 is 4.57. The van der Waals surface area contributed by atoms with E-state index in [1.54, 1.807) is 16.4 Å². The maximum atomic E-state index is 12.8. The van der Waals surface area contributed by atoms with Crippen molar-refractivity contribution < 1.29 is 8.42 Å². The van der Waals surface area contributed by atoms with E-state index < -0.39 is 10.0 Å². The highest BCUT2D eigenvalue weighted by Crippen LogP contribution is 2.30. The minimum Gasteiger partial charge on any atom is -0.352 e. The average Bonchev–Trinajstić information content (AvgIpc) is 3.10. The molecule has 0 amide bonds. The van der Waals surface area contributed by atoms with Crippen LogP contribution in [0.1, 0.15) is 5.69 Å². The Morgan fingerprint density at radius 2 is 1.69 bits per heavy atom. The van der Waals surface area contributed by atoms with Gasteiger partial charge in [0.25, 0.3) is 10.0 Å². The maximum Gasteiger partial charge on any atom is 0.252 e. The number of sulfonamides is 1. The van der Waals surface area contributed by atoms with Gasteiger partial charge in [-0.25, -0.2) is 8.42 Å². The van der Waals surface area contributed by atoms with Crippen molar-refractivity contribution in [3.63, 3.8) is 0 Å². The van der Waals surface area contributed by atoms with Crippen molar-refractivity contribution in [1.29, 1.82) is 0 Å². The fraction of sp³-hybridized carbons (Fsp3) is 0.294. The van der Waals surface area contributed by atoms with E-state index in [2.05, 4.69) is 31.0 Å². The summed E-state index contributed by atoms with van der Waals surface area (Å²) in [4.78, 5) is 2.12. The standard InChI is InChI=1S/C17H17BrN4O2S2/c1-12-13-4-2-3-5-14(13)17(20-19-12)21-8-10-22(11-9-21)26(23,24)16-7-6-15(18)25-16/h2-7H,8-11H2,1H3. The van der Waals surface area contributed by atoms with Gasteiger partial charge in [0.05, 0.1) is 9.48 Å². The highest BCUT2D eigenvalue weighted by atomic mass is 79.9. The predicted octanol–water partition coefficient (Wildman–Crippen LogP) is 3.27. The molecular weight excluding hydrogens is 436 g/mol. The molecule has 9 heteroatoms. The normalized spacial score (nSPS) is 16.3. The summed E-state index contributed by atoms with van der Waals surface area (Å²) in [6.07, 6.45) is 0. The van der Waals surface area contributed by atoms with E-state index in [1.165, 1.54) is 11.3 Å². The van der Waals surface area contributed by atoms with Crippen molar-refractivity contribution in [3.8, 4) is 0 Å². The number of aromatic nitrogens is 2. The summed E-state index contributed by atoms with van der Waals surface area (Å²) in [5.74, 6) is 0.821. The largest absolute Gasteiger partial charge is 0.352 e. The maximum absolute atomic E-state index is 12.8. The highest BCUT2D eigenvalue weighted by molar-refractivity contribution is 9.11. The van der Waals surface area contributed by atoms with Crippen LogP contribution < -0.4 is 4.90 Å². The summed E-state index contributed by atoms with van der Waals surface area (Å²) in [5, 5.41) is 10.8. The van der Waals surface area contributed by atoms with Crippen molar-refractivity contribution in [2.24, 2.45) is 0 Å². The number of anilines is 1. The summed E-state index contributed by atoms with van der Waals surface area (Å²) in [5.41, 5.74) is 0.897. The lowest BCUT2D eigenvalue weighted by molar-refractivity contribution is 0.385. The van der Waals surface area contributed by atoms with Gasteiger partial charge in [-0.05, 0) is 35.0 Å².